The largest absolute Gasteiger partial charge is 0.333 e. The molecule has 1 aromatic carbocycles. The molecule has 2 amide bonds. The number of hydrogen-bond donors (Lipinski definition) is 2. The molecule has 0 bridgehead atoms. The van der Waals surface area contributed by atoms with Crippen LogP contribution in [0.1, 0.15) is 52.1 Å². The summed E-state index contributed by atoms with van der Waals surface area (Å²) in [5, 5.41) is 6.60. The highest BCUT2D eigenvalue weighted by atomic mass is 16.2. The highest BCUT2D eigenvalue weighted by Gasteiger charge is 2.27. The molecule has 21 heavy (non-hydrogen) atoms. The molecule has 1 atom stereocenters. The number of urea groups is 1. The predicted octanol–water partition coefficient (Wildman–Crippen LogP) is 3.45. The number of carbonyl (C=O) groups excluding carboxylic acids is 1. The zero-order valence-electron chi connectivity index (χ0n) is 13.6. The first kappa shape index (κ1) is 15.8. The third-order valence-electron chi connectivity index (χ3n) is 3.66. The monoisotopic (exact) mass is 289 g/mol. The SMILES string of the molecule is CCNC1CCCN(C(=O)NC(C)(C)C)c2ccccc21. The van der Waals surface area contributed by atoms with Crippen molar-refractivity contribution in [3.8, 4) is 0 Å². The summed E-state index contributed by atoms with van der Waals surface area (Å²) < 4.78 is 0. The van der Waals surface area contributed by atoms with Crippen molar-refractivity contribution in [3.05, 3.63) is 29.8 Å². The second-order valence-corrected chi connectivity index (χ2v) is 6.64. The Labute approximate surface area is 127 Å². The second kappa shape index (κ2) is 6.48. The Bertz CT molecular complexity index is 493. The molecule has 4 heteroatoms. The van der Waals surface area contributed by atoms with Crippen molar-refractivity contribution in [2.45, 2.75) is 52.1 Å². The first-order valence-corrected chi connectivity index (χ1v) is 7.84. The molecule has 2 rings (SSSR count). The maximum Gasteiger partial charge on any atom is 0.322 e. The van der Waals surface area contributed by atoms with Crippen LogP contribution in [-0.2, 0) is 0 Å². The summed E-state index contributed by atoms with van der Waals surface area (Å²) in [7, 11) is 0. The highest BCUT2D eigenvalue weighted by molar-refractivity contribution is 5.93. The summed E-state index contributed by atoms with van der Waals surface area (Å²) in [4.78, 5) is 14.5. The Morgan fingerprint density at radius 3 is 2.71 bits per heavy atom. The number of nitrogens with one attached hydrogen (secondary N) is 2. The minimum atomic E-state index is -0.223. The van der Waals surface area contributed by atoms with E-state index in [-0.39, 0.29) is 11.6 Å². The predicted molar refractivity (Wildman–Crippen MR) is 87.7 cm³/mol. The van der Waals surface area contributed by atoms with Gasteiger partial charge < -0.3 is 10.6 Å². The molecular weight excluding hydrogens is 262 g/mol. The van der Waals surface area contributed by atoms with Crippen LogP contribution in [0.2, 0.25) is 0 Å². The van der Waals surface area contributed by atoms with Gasteiger partial charge in [-0.2, -0.15) is 0 Å². The van der Waals surface area contributed by atoms with Gasteiger partial charge in [0.15, 0.2) is 0 Å². The molecule has 0 aliphatic carbocycles. The van der Waals surface area contributed by atoms with Crippen LogP contribution in [0.15, 0.2) is 24.3 Å². The molecule has 1 aliphatic heterocycles. The van der Waals surface area contributed by atoms with Gasteiger partial charge in [0.05, 0.1) is 5.69 Å². The van der Waals surface area contributed by atoms with E-state index >= 15 is 0 Å². The number of rotatable bonds is 2. The van der Waals surface area contributed by atoms with Gasteiger partial charge >= 0.3 is 6.03 Å². The van der Waals surface area contributed by atoms with Gasteiger partial charge in [-0.05, 0) is 51.8 Å². The van der Waals surface area contributed by atoms with Crippen LogP contribution in [0.3, 0.4) is 0 Å². The summed E-state index contributed by atoms with van der Waals surface area (Å²) in [6.45, 7) is 9.85. The molecule has 1 aliphatic rings. The highest BCUT2D eigenvalue weighted by Crippen LogP contribution is 2.32. The van der Waals surface area contributed by atoms with E-state index in [0.717, 1.165) is 31.6 Å². The van der Waals surface area contributed by atoms with Gasteiger partial charge in [-0.1, -0.05) is 25.1 Å². The van der Waals surface area contributed by atoms with Crippen molar-refractivity contribution in [2.24, 2.45) is 0 Å². The van der Waals surface area contributed by atoms with E-state index in [2.05, 4.69) is 23.6 Å². The lowest BCUT2D eigenvalue weighted by atomic mass is 10.0. The molecule has 0 aromatic heterocycles. The zero-order valence-corrected chi connectivity index (χ0v) is 13.6. The van der Waals surface area contributed by atoms with Crippen LogP contribution in [0, 0.1) is 0 Å². The van der Waals surface area contributed by atoms with Gasteiger partial charge in [0.2, 0.25) is 0 Å². The first-order chi connectivity index (χ1) is 9.92. The van der Waals surface area contributed by atoms with Crippen molar-refractivity contribution in [3.63, 3.8) is 0 Å². The molecule has 0 saturated heterocycles. The molecule has 0 radical (unpaired) electrons. The average Bonchev–Trinajstić information content (AvgIpc) is 2.58. The molecule has 116 valence electrons. The van der Waals surface area contributed by atoms with Crippen molar-refractivity contribution < 1.29 is 4.79 Å². The molecule has 4 nitrogen and oxygen atoms in total. The lowest BCUT2D eigenvalue weighted by Gasteiger charge is -2.29. The van der Waals surface area contributed by atoms with Gasteiger partial charge in [-0.15, -0.1) is 0 Å². The number of nitrogens with zero attached hydrogens (tertiary/aromatic N) is 1. The minimum absolute atomic E-state index is 0.00732. The van der Waals surface area contributed by atoms with Crippen molar-refractivity contribution in [2.75, 3.05) is 18.0 Å². The van der Waals surface area contributed by atoms with Crippen LogP contribution in [0.25, 0.3) is 0 Å². The fourth-order valence-electron chi connectivity index (χ4n) is 2.82. The van der Waals surface area contributed by atoms with Gasteiger partial charge in [-0.25, -0.2) is 4.79 Å². The van der Waals surface area contributed by atoms with Crippen molar-refractivity contribution >= 4 is 11.7 Å². The normalized spacial score (nSPS) is 18.9. The van der Waals surface area contributed by atoms with E-state index in [9.17, 15) is 4.79 Å². The fraction of sp³-hybridized carbons (Fsp3) is 0.588. The number of fused-ring (bicyclic) bond motifs is 1. The van der Waals surface area contributed by atoms with Crippen LogP contribution in [0.4, 0.5) is 10.5 Å². The summed E-state index contributed by atoms with van der Waals surface area (Å²) in [5.74, 6) is 0. The number of benzene rings is 1. The summed E-state index contributed by atoms with van der Waals surface area (Å²) in [6.07, 6.45) is 2.06. The molecular formula is C17H27N3O. The second-order valence-electron chi connectivity index (χ2n) is 6.64. The molecule has 1 unspecified atom stereocenters. The van der Waals surface area contributed by atoms with Crippen LogP contribution >= 0.6 is 0 Å². The third kappa shape index (κ3) is 3.97. The van der Waals surface area contributed by atoms with E-state index in [1.54, 1.807) is 0 Å². The Kier molecular flexibility index (Phi) is 4.88. The summed E-state index contributed by atoms with van der Waals surface area (Å²) in [5.41, 5.74) is 2.03. The standard InChI is InChI=1S/C17H27N3O/c1-5-18-14-10-8-12-20(16(21)19-17(2,3)4)15-11-7-6-9-13(14)15/h6-7,9,11,14,18H,5,8,10,12H2,1-4H3,(H,19,21). The molecule has 1 heterocycles. The Morgan fingerprint density at radius 1 is 1.33 bits per heavy atom. The Balaban J connectivity index is 2.30. The Hall–Kier alpha value is -1.55. The molecule has 2 N–H and O–H groups in total. The zero-order chi connectivity index (χ0) is 15.5. The molecule has 0 fully saturated rings. The van der Waals surface area contributed by atoms with E-state index in [4.69, 9.17) is 0 Å². The maximum atomic E-state index is 12.6. The van der Waals surface area contributed by atoms with Crippen LogP contribution in [0.5, 0.6) is 0 Å². The van der Waals surface area contributed by atoms with Crippen molar-refractivity contribution in [1.82, 2.24) is 10.6 Å². The van der Waals surface area contributed by atoms with Gasteiger partial charge in [0, 0.05) is 18.1 Å². The number of amides is 2. The number of carbonyl (C=O) groups is 1. The smallest absolute Gasteiger partial charge is 0.322 e. The van der Waals surface area contributed by atoms with E-state index < -0.39 is 0 Å². The van der Waals surface area contributed by atoms with E-state index in [0.29, 0.717) is 6.04 Å². The fourth-order valence-corrected chi connectivity index (χ4v) is 2.82. The lowest BCUT2D eigenvalue weighted by Crippen LogP contribution is -2.49. The molecule has 1 aromatic rings. The van der Waals surface area contributed by atoms with Crippen LogP contribution in [-0.4, -0.2) is 24.7 Å². The maximum absolute atomic E-state index is 12.6. The quantitative estimate of drug-likeness (QED) is 0.876. The number of hydrogen-bond acceptors (Lipinski definition) is 2. The number of para-hydroxylation sites is 1. The van der Waals surface area contributed by atoms with Crippen molar-refractivity contribution in [1.29, 1.82) is 0 Å². The third-order valence-corrected chi connectivity index (χ3v) is 3.66. The lowest BCUT2D eigenvalue weighted by molar-refractivity contribution is 0.237. The first-order valence-electron chi connectivity index (χ1n) is 7.84. The van der Waals surface area contributed by atoms with Gasteiger partial charge in [0.25, 0.3) is 0 Å². The van der Waals surface area contributed by atoms with Gasteiger partial charge in [0.1, 0.15) is 0 Å². The molecule has 0 saturated carbocycles. The van der Waals surface area contributed by atoms with Gasteiger partial charge in [-0.3, -0.25) is 4.90 Å². The average molecular weight is 289 g/mol. The summed E-state index contributed by atoms with van der Waals surface area (Å²) in [6, 6.07) is 8.56. The Morgan fingerprint density at radius 2 is 2.05 bits per heavy atom. The van der Waals surface area contributed by atoms with Crippen LogP contribution < -0.4 is 15.5 Å². The minimum Gasteiger partial charge on any atom is -0.333 e. The summed E-state index contributed by atoms with van der Waals surface area (Å²) >= 11 is 0. The topological polar surface area (TPSA) is 44.4 Å². The molecule has 0 spiro atoms. The van der Waals surface area contributed by atoms with E-state index in [1.807, 2.05) is 43.9 Å². The number of anilines is 1. The van der Waals surface area contributed by atoms with E-state index in [1.165, 1.54) is 5.56 Å².